The predicted molar refractivity (Wildman–Crippen MR) is 91.6 cm³/mol. The fraction of sp³-hybridized carbons (Fsp3) is 0.278. The van der Waals surface area contributed by atoms with Crippen LogP contribution in [-0.2, 0) is 16.8 Å². The molecule has 0 saturated heterocycles. The average Bonchev–Trinajstić information content (AvgIpc) is 3.21. The van der Waals surface area contributed by atoms with Crippen LogP contribution < -0.4 is 10.1 Å². The van der Waals surface area contributed by atoms with Gasteiger partial charge in [-0.15, -0.1) is 0 Å². The van der Waals surface area contributed by atoms with Crippen LogP contribution in [0.4, 0.5) is 0 Å². The second-order valence-corrected chi connectivity index (χ2v) is 6.58. The van der Waals surface area contributed by atoms with Crippen LogP contribution in [0, 0.1) is 0 Å². The van der Waals surface area contributed by atoms with Gasteiger partial charge in [0, 0.05) is 12.5 Å². The summed E-state index contributed by atoms with van der Waals surface area (Å²) in [7, 11) is 0. The topological polar surface area (TPSA) is 58.6 Å². The number of hydrogen-bond acceptors (Lipinski definition) is 4. The zero-order valence-corrected chi connectivity index (χ0v) is 13.7. The molecule has 0 fully saturated rings. The van der Waals surface area contributed by atoms with Crippen molar-refractivity contribution < 1.29 is 14.6 Å². The van der Waals surface area contributed by atoms with Gasteiger partial charge in [0.2, 0.25) is 5.91 Å². The lowest BCUT2D eigenvalue weighted by atomic mass is 9.99. The van der Waals surface area contributed by atoms with Crippen LogP contribution in [0.2, 0.25) is 0 Å². The standard InChI is InChI=1S/C18H19NO3S/c1-18(21,15-7-9-23-11-15)12-19-17(20)5-3-13-2-4-16-14(10-13)6-8-22-16/h2-5,7,9-11,21H,6,8,12H2,1H3,(H,19,20)/b5-3-/t18-/m0/s1. The third-order valence-electron chi connectivity index (χ3n) is 3.89. The van der Waals surface area contributed by atoms with Crippen molar-refractivity contribution in [2.45, 2.75) is 18.9 Å². The Morgan fingerprint density at radius 2 is 2.35 bits per heavy atom. The summed E-state index contributed by atoms with van der Waals surface area (Å²) in [5.41, 5.74) is 1.89. The Kier molecular flexibility index (Phi) is 4.50. The summed E-state index contributed by atoms with van der Waals surface area (Å²) >= 11 is 1.52. The molecule has 0 aliphatic carbocycles. The van der Waals surface area contributed by atoms with Crippen LogP contribution in [0.1, 0.15) is 23.6 Å². The van der Waals surface area contributed by atoms with Crippen molar-refractivity contribution in [3.63, 3.8) is 0 Å². The molecule has 1 aliphatic heterocycles. The van der Waals surface area contributed by atoms with E-state index in [1.807, 2.05) is 35.0 Å². The van der Waals surface area contributed by atoms with E-state index in [1.54, 1.807) is 13.0 Å². The molecule has 2 aromatic rings. The zero-order chi connectivity index (χ0) is 16.3. The number of fused-ring (bicyclic) bond motifs is 1. The molecular formula is C18H19NO3S. The Morgan fingerprint density at radius 3 is 3.13 bits per heavy atom. The van der Waals surface area contributed by atoms with Crippen molar-refractivity contribution in [2.75, 3.05) is 13.2 Å². The van der Waals surface area contributed by atoms with Gasteiger partial charge in [-0.2, -0.15) is 11.3 Å². The lowest BCUT2D eigenvalue weighted by Crippen LogP contribution is -2.37. The summed E-state index contributed by atoms with van der Waals surface area (Å²) < 4.78 is 5.46. The van der Waals surface area contributed by atoms with Gasteiger partial charge in [-0.25, -0.2) is 0 Å². The van der Waals surface area contributed by atoms with Crippen LogP contribution in [0.5, 0.6) is 5.75 Å². The zero-order valence-electron chi connectivity index (χ0n) is 12.9. The number of nitrogens with one attached hydrogen (secondary N) is 1. The minimum atomic E-state index is -1.06. The molecule has 5 heteroatoms. The third kappa shape index (κ3) is 3.81. The molecule has 0 spiro atoms. The van der Waals surface area contributed by atoms with Crippen molar-refractivity contribution in [3.8, 4) is 5.75 Å². The van der Waals surface area contributed by atoms with Crippen molar-refractivity contribution in [1.29, 1.82) is 0 Å². The van der Waals surface area contributed by atoms with Gasteiger partial charge in [0.15, 0.2) is 0 Å². The Labute approximate surface area is 139 Å². The first kappa shape index (κ1) is 15.8. The molecular weight excluding hydrogens is 310 g/mol. The molecule has 23 heavy (non-hydrogen) atoms. The number of rotatable bonds is 5. The second kappa shape index (κ2) is 6.56. The molecule has 0 unspecified atom stereocenters. The van der Waals surface area contributed by atoms with Crippen LogP contribution in [0.3, 0.4) is 0 Å². The number of thiophene rings is 1. The number of ether oxygens (including phenoxy) is 1. The normalized spacial score (nSPS) is 15.9. The maximum atomic E-state index is 11.9. The highest BCUT2D eigenvalue weighted by atomic mass is 32.1. The lowest BCUT2D eigenvalue weighted by Gasteiger charge is -2.22. The Balaban J connectivity index is 1.57. The van der Waals surface area contributed by atoms with Crippen molar-refractivity contribution in [2.24, 2.45) is 0 Å². The van der Waals surface area contributed by atoms with Gasteiger partial charge in [-0.1, -0.05) is 6.07 Å². The van der Waals surface area contributed by atoms with E-state index in [9.17, 15) is 9.90 Å². The highest BCUT2D eigenvalue weighted by molar-refractivity contribution is 7.08. The minimum Gasteiger partial charge on any atom is -0.493 e. The second-order valence-electron chi connectivity index (χ2n) is 5.80. The van der Waals surface area contributed by atoms with E-state index >= 15 is 0 Å². The summed E-state index contributed by atoms with van der Waals surface area (Å²) in [5, 5.41) is 16.9. The van der Waals surface area contributed by atoms with E-state index in [4.69, 9.17) is 4.74 Å². The molecule has 120 valence electrons. The van der Waals surface area contributed by atoms with E-state index in [-0.39, 0.29) is 12.5 Å². The average molecular weight is 329 g/mol. The van der Waals surface area contributed by atoms with Crippen LogP contribution >= 0.6 is 11.3 Å². The van der Waals surface area contributed by atoms with E-state index in [0.717, 1.165) is 29.9 Å². The smallest absolute Gasteiger partial charge is 0.244 e. The number of aliphatic hydroxyl groups is 1. The van der Waals surface area contributed by atoms with Gasteiger partial charge in [0.05, 0.1) is 13.2 Å². The SMILES string of the molecule is C[C@](O)(CNC(=O)/C=C\c1ccc2c(c1)CCO2)c1ccsc1. The molecule has 2 N–H and O–H groups in total. The molecule has 0 bridgehead atoms. The predicted octanol–water partition coefficient (Wildman–Crippen LogP) is 2.72. The molecule has 1 atom stereocenters. The maximum Gasteiger partial charge on any atom is 0.244 e. The van der Waals surface area contributed by atoms with E-state index in [1.165, 1.54) is 23.0 Å². The maximum absolute atomic E-state index is 11.9. The Morgan fingerprint density at radius 1 is 1.48 bits per heavy atom. The molecule has 1 aliphatic rings. The largest absolute Gasteiger partial charge is 0.493 e. The first-order chi connectivity index (χ1) is 11.0. The highest BCUT2D eigenvalue weighted by Crippen LogP contribution is 2.26. The summed E-state index contributed by atoms with van der Waals surface area (Å²) in [4.78, 5) is 11.9. The van der Waals surface area contributed by atoms with Crippen molar-refractivity contribution in [3.05, 3.63) is 57.8 Å². The Hall–Kier alpha value is -2.11. The monoisotopic (exact) mass is 329 g/mol. The molecule has 3 rings (SSSR count). The van der Waals surface area contributed by atoms with Crippen molar-refractivity contribution >= 4 is 23.3 Å². The molecule has 1 aromatic carbocycles. The highest BCUT2D eigenvalue weighted by Gasteiger charge is 2.23. The number of carbonyl (C=O) groups is 1. The molecule has 0 saturated carbocycles. The van der Waals surface area contributed by atoms with Crippen LogP contribution in [-0.4, -0.2) is 24.2 Å². The minimum absolute atomic E-state index is 0.172. The fourth-order valence-electron chi connectivity index (χ4n) is 2.47. The Bertz CT molecular complexity index is 720. The van der Waals surface area contributed by atoms with E-state index in [2.05, 4.69) is 5.32 Å². The number of carbonyl (C=O) groups excluding carboxylic acids is 1. The molecule has 1 amide bonds. The van der Waals surface area contributed by atoms with Gasteiger partial charge in [0.25, 0.3) is 0 Å². The van der Waals surface area contributed by atoms with Crippen LogP contribution in [0.15, 0.2) is 41.1 Å². The van der Waals surface area contributed by atoms with Crippen LogP contribution in [0.25, 0.3) is 6.08 Å². The first-order valence-corrected chi connectivity index (χ1v) is 8.45. The van der Waals surface area contributed by atoms with E-state index < -0.39 is 5.60 Å². The molecule has 2 heterocycles. The van der Waals surface area contributed by atoms with Gasteiger partial charge in [-0.3, -0.25) is 4.79 Å². The number of amides is 1. The first-order valence-electron chi connectivity index (χ1n) is 7.51. The summed E-state index contributed by atoms with van der Waals surface area (Å²) in [6.07, 6.45) is 4.17. The quantitative estimate of drug-likeness (QED) is 0.829. The van der Waals surface area contributed by atoms with Crippen molar-refractivity contribution in [1.82, 2.24) is 5.32 Å². The third-order valence-corrected chi connectivity index (χ3v) is 4.57. The summed E-state index contributed by atoms with van der Waals surface area (Å²) in [6, 6.07) is 7.75. The molecule has 4 nitrogen and oxygen atoms in total. The molecule has 1 aromatic heterocycles. The van der Waals surface area contributed by atoms with Gasteiger partial charge < -0.3 is 15.2 Å². The lowest BCUT2D eigenvalue weighted by molar-refractivity contribution is -0.117. The number of benzene rings is 1. The van der Waals surface area contributed by atoms with Gasteiger partial charge in [-0.05, 0) is 58.6 Å². The van der Waals surface area contributed by atoms with E-state index in [0.29, 0.717) is 0 Å². The summed E-state index contributed by atoms with van der Waals surface area (Å²) in [5.74, 6) is 0.704. The number of hydrogen-bond donors (Lipinski definition) is 2. The fourth-order valence-corrected chi connectivity index (χ4v) is 3.26. The van der Waals surface area contributed by atoms with Gasteiger partial charge >= 0.3 is 0 Å². The summed E-state index contributed by atoms with van der Waals surface area (Å²) in [6.45, 7) is 2.59. The molecule has 0 radical (unpaired) electrons. The van der Waals surface area contributed by atoms with Gasteiger partial charge in [0.1, 0.15) is 11.4 Å².